The summed E-state index contributed by atoms with van der Waals surface area (Å²) in [6, 6.07) is 6.29. The summed E-state index contributed by atoms with van der Waals surface area (Å²) < 4.78 is 19.1. The first-order valence-corrected chi connectivity index (χ1v) is 8.39. The number of nitrogens with one attached hydrogen (secondary N) is 1. The molecule has 0 atom stereocenters. The van der Waals surface area contributed by atoms with Crippen LogP contribution in [0.2, 0.25) is 0 Å². The Hall–Kier alpha value is -3.13. The van der Waals surface area contributed by atoms with Crippen molar-refractivity contribution in [1.29, 1.82) is 5.41 Å². The highest BCUT2D eigenvalue weighted by molar-refractivity contribution is 7.17. The van der Waals surface area contributed by atoms with Crippen molar-refractivity contribution in [1.82, 2.24) is 9.97 Å². The monoisotopic (exact) mass is 370 g/mol. The smallest absolute Gasteiger partial charge is 0.358 e. The van der Waals surface area contributed by atoms with E-state index in [1.54, 1.807) is 37.5 Å². The van der Waals surface area contributed by atoms with Gasteiger partial charge >= 0.3 is 5.97 Å². The molecule has 8 heteroatoms. The molecule has 0 unspecified atom stereocenters. The third-order valence-corrected chi connectivity index (χ3v) is 4.93. The summed E-state index contributed by atoms with van der Waals surface area (Å²) in [5, 5.41) is 8.55. The average Bonchev–Trinajstić information content (AvgIpc) is 3.10. The van der Waals surface area contributed by atoms with E-state index in [1.165, 1.54) is 13.2 Å². The summed E-state index contributed by atoms with van der Waals surface area (Å²) in [7, 11) is 1.25. The van der Waals surface area contributed by atoms with Crippen LogP contribution in [0.25, 0.3) is 10.4 Å². The summed E-state index contributed by atoms with van der Waals surface area (Å²) in [5.74, 6) is -1.26. The third kappa shape index (κ3) is 3.06. The van der Waals surface area contributed by atoms with E-state index >= 15 is 0 Å². The van der Waals surface area contributed by atoms with E-state index in [-0.39, 0.29) is 27.7 Å². The second-order valence-corrected chi connectivity index (χ2v) is 6.46. The topological polar surface area (TPSA) is 102 Å². The number of aryl methyl sites for hydroxylation is 1. The SMILES string of the molecule is COC(=O)c1nc(C(=N)c2c(F)ccc(C)c2N)sc1-c1cccnc1. The van der Waals surface area contributed by atoms with Crippen molar-refractivity contribution in [3.05, 3.63) is 64.3 Å². The molecule has 0 fully saturated rings. The van der Waals surface area contributed by atoms with Crippen LogP contribution in [0, 0.1) is 18.2 Å². The maximum Gasteiger partial charge on any atom is 0.358 e. The van der Waals surface area contributed by atoms with Crippen molar-refractivity contribution in [2.24, 2.45) is 0 Å². The molecule has 132 valence electrons. The van der Waals surface area contributed by atoms with E-state index in [1.807, 2.05) is 0 Å². The normalized spacial score (nSPS) is 10.6. The summed E-state index contributed by atoms with van der Waals surface area (Å²) in [4.78, 5) is 20.8. The van der Waals surface area contributed by atoms with Gasteiger partial charge in [0.2, 0.25) is 0 Å². The fourth-order valence-corrected chi connectivity index (χ4v) is 3.41. The Balaban J connectivity index is 2.15. The molecule has 6 nitrogen and oxygen atoms in total. The maximum absolute atomic E-state index is 14.3. The van der Waals surface area contributed by atoms with Gasteiger partial charge in [0.25, 0.3) is 0 Å². The molecule has 0 aliphatic rings. The Labute approximate surface area is 153 Å². The number of anilines is 1. The van der Waals surface area contributed by atoms with Crippen LogP contribution in [0.4, 0.5) is 10.1 Å². The Bertz CT molecular complexity index is 1000. The number of halogens is 1. The fraction of sp³-hybridized carbons (Fsp3) is 0.111. The summed E-state index contributed by atoms with van der Waals surface area (Å²) in [6.45, 7) is 1.73. The zero-order chi connectivity index (χ0) is 18.8. The number of methoxy groups -OCH3 is 1. The first-order chi connectivity index (χ1) is 12.4. The number of esters is 1. The number of carbonyl (C=O) groups is 1. The number of aromatic nitrogens is 2. The highest BCUT2D eigenvalue weighted by Crippen LogP contribution is 2.33. The van der Waals surface area contributed by atoms with Gasteiger partial charge in [0.05, 0.1) is 17.6 Å². The lowest BCUT2D eigenvalue weighted by atomic mass is 10.0. The first kappa shape index (κ1) is 17.7. The van der Waals surface area contributed by atoms with Gasteiger partial charge in [-0.2, -0.15) is 0 Å². The summed E-state index contributed by atoms with van der Waals surface area (Å²) in [5.41, 5.74) is 7.27. The van der Waals surface area contributed by atoms with Gasteiger partial charge in [-0.25, -0.2) is 14.2 Å². The number of hydrogen-bond donors (Lipinski definition) is 2. The zero-order valence-corrected chi connectivity index (χ0v) is 14.9. The van der Waals surface area contributed by atoms with Crippen molar-refractivity contribution in [3.63, 3.8) is 0 Å². The molecule has 0 aliphatic heterocycles. The van der Waals surface area contributed by atoms with Gasteiger partial charge in [0.1, 0.15) is 16.5 Å². The van der Waals surface area contributed by atoms with Crippen LogP contribution >= 0.6 is 11.3 Å². The quantitative estimate of drug-likeness (QED) is 0.416. The molecule has 0 saturated carbocycles. The van der Waals surface area contributed by atoms with E-state index in [0.717, 1.165) is 11.3 Å². The van der Waals surface area contributed by atoms with Gasteiger partial charge in [-0.3, -0.25) is 10.4 Å². The molecule has 0 radical (unpaired) electrons. The highest BCUT2D eigenvalue weighted by atomic mass is 32.1. The lowest BCUT2D eigenvalue weighted by Gasteiger charge is -2.09. The Morgan fingerprint density at radius 3 is 2.77 bits per heavy atom. The predicted octanol–water partition coefficient (Wildman–Crippen LogP) is 3.44. The van der Waals surface area contributed by atoms with Crippen LogP contribution in [0.3, 0.4) is 0 Å². The molecule has 2 heterocycles. The number of hydrogen-bond acceptors (Lipinski definition) is 7. The van der Waals surface area contributed by atoms with E-state index in [2.05, 4.69) is 9.97 Å². The zero-order valence-electron chi connectivity index (χ0n) is 14.0. The second kappa shape index (κ2) is 7.01. The summed E-state index contributed by atoms with van der Waals surface area (Å²) in [6.07, 6.45) is 3.18. The maximum atomic E-state index is 14.3. The van der Waals surface area contributed by atoms with Crippen LogP contribution in [0.1, 0.15) is 26.6 Å². The molecule has 0 spiro atoms. The Morgan fingerprint density at radius 2 is 2.12 bits per heavy atom. The second-order valence-electron chi connectivity index (χ2n) is 5.46. The Morgan fingerprint density at radius 1 is 1.35 bits per heavy atom. The van der Waals surface area contributed by atoms with Crippen LogP contribution in [0.15, 0.2) is 36.7 Å². The minimum Gasteiger partial charge on any atom is -0.464 e. The molecule has 3 rings (SSSR count). The minimum atomic E-state index is -0.642. The van der Waals surface area contributed by atoms with Gasteiger partial charge in [-0.15, -0.1) is 11.3 Å². The van der Waals surface area contributed by atoms with Crippen LogP contribution in [-0.4, -0.2) is 28.8 Å². The van der Waals surface area contributed by atoms with E-state index < -0.39 is 11.8 Å². The van der Waals surface area contributed by atoms with Crippen molar-refractivity contribution < 1.29 is 13.9 Å². The van der Waals surface area contributed by atoms with E-state index in [0.29, 0.717) is 16.0 Å². The lowest BCUT2D eigenvalue weighted by molar-refractivity contribution is 0.0596. The number of ether oxygens (including phenoxy) is 1. The Kier molecular flexibility index (Phi) is 4.77. The molecule has 0 aliphatic carbocycles. The fourth-order valence-electron chi connectivity index (χ4n) is 2.41. The molecule has 2 aromatic heterocycles. The molecular formula is C18H15FN4O2S. The van der Waals surface area contributed by atoms with Crippen molar-refractivity contribution in [3.8, 4) is 10.4 Å². The number of nitrogen functional groups attached to an aromatic ring is 1. The minimum absolute atomic E-state index is 0.0343. The van der Waals surface area contributed by atoms with E-state index in [4.69, 9.17) is 15.9 Å². The number of nitrogens with two attached hydrogens (primary N) is 1. The highest BCUT2D eigenvalue weighted by Gasteiger charge is 2.25. The van der Waals surface area contributed by atoms with Gasteiger partial charge in [-0.05, 0) is 24.6 Å². The largest absolute Gasteiger partial charge is 0.464 e. The van der Waals surface area contributed by atoms with Crippen LogP contribution in [0.5, 0.6) is 0 Å². The molecular weight excluding hydrogens is 355 g/mol. The summed E-state index contributed by atoms with van der Waals surface area (Å²) >= 11 is 1.08. The van der Waals surface area contributed by atoms with Gasteiger partial charge < -0.3 is 10.5 Å². The van der Waals surface area contributed by atoms with Crippen LogP contribution in [-0.2, 0) is 4.74 Å². The van der Waals surface area contributed by atoms with E-state index in [9.17, 15) is 9.18 Å². The standard InChI is InChI=1S/C18H15FN4O2S/c1-9-5-6-11(19)12(13(9)20)14(21)17-23-15(18(24)25-2)16(26-17)10-4-3-7-22-8-10/h3-8,21H,20H2,1-2H3. The molecule has 0 amide bonds. The average molecular weight is 370 g/mol. The molecule has 3 aromatic rings. The molecule has 0 saturated heterocycles. The van der Waals surface area contributed by atoms with Crippen molar-refractivity contribution in [2.45, 2.75) is 6.92 Å². The van der Waals surface area contributed by atoms with Gasteiger partial charge in [0.15, 0.2) is 5.69 Å². The van der Waals surface area contributed by atoms with Gasteiger partial charge in [-0.1, -0.05) is 12.1 Å². The lowest BCUT2D eigenvalue weighted by Crippen LogP contribution is -2.10. The van der Waals surface area contributed by atoms with Crippen LogP contribution < -0.4 is 5.73 Å². The molecule has 26 heavy (non-hydrogen) atoms. The predicted molar refractivity (Wildman–Crippen MR) is 98.2 cm³/mol. The molecule has 1 aromatic carbocycles. The number of rotatable bonds is 4. The third-order valence-electron chi connectivity index (χ3n) is 3.81. The number of benzene rings is 1. The van der Waals surface area contributed by atoms with Crippen molar-refractivity contribution in [2.75, 3.05) is 12.8 Å². The number of thiazole rings is 1. The number of nitrogens with zero attached hydrogens (tertiary/aromatic N) is 2. The molecule has 0 bridgehead atoms. The number of pyridine rings is 1. The first-order valence-electron chi connectivity index (χ1n) is 7.57. The van der Waals surface area contributed by atoms with Crippen molar-refractivity contribution >= 4 is 28.7 Å². The number of carbonyl (C=O) groups excluding carboxylic acids is 1. The van der Waals surface area contributed by atoms with Gasteiger partial charge in [0, 0.05) is 23.6 Å². The molecule has 3 N–H and O–H groups in total.